The molecule has 2 aromatic carbocycles. The van der Waals surface area contributed by atoms with Crippen LogP contribution in [-0.2, 0) is 4.74 Å². The summed E-state index contributed by atoms with van der Waals surface area (Å²) in [6.07, 6.45) is 0.244. The van der Waals surface area contributed by atoms with Gasteiger partial charge < -0.3 is 9.84 Å². The molecule has 5 heteroatoms. The lowest BCUT2D eigenvalue weighted by atomic mass is 9.77. The van der Waals surface area contributed by atoms with Crippen molar-refractivity contribution in [3.05, 3.63) is 66.2 Å². The summed E-state index contributed by atoms with van der Waals surface area (Å²) in [4.78, 5) is 14.7. The summed E-state index contributed by atoms with van der Waals surface area (Å²) in [5, 5.41) is 13.6. The Morgan fingerprint density at radius 3 is 2.10 bits per heavy atom. The number of aliphatic hydroxyl groups excluding tert-OH is 1. The van der Waals surface area contributed by atoms with Crippen LogP contribution < -0.4 is 5.32 Å². The van der Waals surface area contributed by atoms with E-state index in [2.05, 4.69) is 37.9 Å². The number of β-amino-alcohol motifs (C(OH)–C–C–N with tert-alkyl or cyclic N) is 1. The average Bonchev–Trinajstić information content (AvgIpc) is 2.65. The predicted octanol–water partition coefficient (Wildman–Crippen LogP) is 4.99. The van der Waals surface area contributed by atoms with E-state index in [1.807, 2.05) is 60.7 Å². The van der Waals surface area contributed by atoms with Gasteiger partial charge in [0.1, 0.15) is 6.10 Å². The highest BCUT2D eigenvalue weighted by atomic mass is 16.6. The highest BCUT2D eigenvalue weighted by Crippen LogP contribution is 2.40. The Morgan fingerprint density at radius 2 is 1.55 bits per heavy atom. The summed E-state index contributed by atoms with van der Waals surface area (Å²) < 4.78 is 5.77. The van der Waals surface area contributed by atoms with Crippen molar-refractivity contribution in [3.63, 3.8) is 0 Å². The van der Waals surface area contributed by atoms with Crippen LogP contribution in [0.2, 0.25) is 0 Å². The number of aliphatic hydroxyl groups is 1. The van der Waals surface area contributed by atoms with Gasteiger partial charge in [-0.05, 0) is 45.4 Å². The molecule has 1 fully saturated rings. The van der Waals surface area contributed by atoms with E-state index in [0.29, 0.717) is 19.4 Å². The smallest absolute Gasteiger partial charge is 0.411 e. The van der Waals surface area contributed by atoms with Crippen LogP contribution in [0, 0.1) is 0 Å². The molecule has 0 aromatic heterocycles. The fraction of sp³-hybridized carbons (Fsp3) is 0.458. The Morgan fingerprint density at radius 1 is 1.03 bits per heavy atom. The van der Waals surface area contributed by atoms with Crippen LogP contribution in [0.1, 0.15) is 52.2 Å². The van der Waals surface area contributed by atoms with Crippen LogP contribution in [0.4, 0.5) is 10.5 Å². The summed E-state index contributed by atoms with van der Waals surface area (Å²) in [5.41, 5.74) is 1.18. The molecule has 1 heterocycles. The highest BCUT2D eigenvalue weighted by Gasteiger charge is 2.47. The van der Waals surface area contributed by atoms with E-state index in [0.717, 1.165) is 11.3 Å². The molecule has 29 heavy (non-hydrogen) atoms. The molecule has 1 atom stereocenters. The SMILES string of the molecule is CC1(C)CC(OC(=O)Nc2ccccc2)CC(C)(C)N1CC(O)c1ccccc1. The van der Waals surface area contributed by atoms with E-state index >= 15 is 0 Å². The normalized spacial score (nSPS) is 20.0. The van der Waals surface area contributed by atoms with E-state index in [1.54, 1.807) is 0 Å². The lowest BCUT2D eigenvalue weighted by Gasteiger charge is -2.55. The third-order valence-corrected chi connectivity index (χ3v) is 5.75. The molecule has 0 saturated carbocycles. The number of nitrogens with one attached hydrogen (secondary N) is 1. The first-order valence-electron chi connectivity index (χ1n) is 10.2. The number of ether oxygens (including phenoxy) is 1. The highest BCUT2D eigenvalue weighted by molar-refractivity contribution is 5.84. The van der Waals surface area contributed by atoms with Crippen molar-refractivity contribution in [2.24, 2.45) is 0 Å². The van der Waals surface area contributed by atoms with Gasteiger partial charge in [0, 0.05) is 36.2 Å². The van der Waals surface area contributed by atoms with Crippen molar-refractivity contribution >= 4 is 11.8 Å². The molecule has 1 saturated heterocycles. The molecule has 1 aliphatic heterocycles. The van der Waals surface area contributed by atoms with Crippen molar-refractivity contribution in [1.82, 2.24) is 4.90 Å². The first kappa shape index (κ1) is 21.3. The Bertz CT molecular complexity index is 787. The second-order valence-electron chi connectivity index (χ2n) is 9.09. The van der Waals surface area contributed by atoms with E-state index in [4.69, 9.17) is 4.74 Å². The van der Waals surface area contributed by atoms with Gasteiger partial charge in [-0.2, -0.15) is 0 Å². The van der Waals surface area contributed by atoms with Gasteiger partial charge in [-0.3, -0.25) is 10.2 Å². The van der Waals surface area contributed by atoms with Crippen LogP contribution in [0.3, 0.4) is 0 Å². The molecule has 5 nitrogen and oxygen atoms in total. The Kier molecular flexibility index (Phi) is 6.30. The fourth-order valence-electron chi connectivity index (χ4n) is 4.58. The lowest BCUT2D eigenvalue weighted by molar-refractivity contribution is -0.0977. The minimum Gasteiger partial charge on any atom is -0.446 e. The van der Waals surface area contributed by atoms with Gasteiger partial charge in [-0.15, -0.1) is 0 Å². The number of nitrogens with zero attached hydrogens (tertiary/aromatic N) is 1. The third-order valence-electron chi connectivity index (χ3n) is 5.75. The zero-order valence-electron chi connectivity index (χ0n) is 17.8. The summed E-state index contributed by atoms with van der Waals surface area (Å²) in [5.74, 6) is 0. The predicted molar refractivity (Wildman–Crippen MR) is 116 cm³/mol. The summed E-state index contributed by atoms with van der Waals surface area (Å²) >= 11 is 0. The number of benzene rings is 2. The molecular formula is C24H32N2O3. The van der Waals surface area contributed by atoms with Crippen molar-refractivity contribution in [2.45, 2.75) is 63.8 Å². The number of likely N-dealkylation sites (tertiary alicyclic amines) is 1. The number of piperidine rings is 1. The topological polar surface area (TPSA) is 61.8 Å². The van der Waals surface area contributed by atoms with E-state index in [1.165, 1.54) is 0 Å². The summed E-state index contributed by atoms with van der Waals surface area (Å²) in [6.45, 7) is 9.13. The minimum absolute atomic E-state index is 0.186. The lowest BCUT2D eigenvalue weighted by Crippen LogP contribution is -2.63. The van der Waals surface area contributed by atoms with Crippen molar-refractivity contribution in [2.75, 3.05) is 11.9 Å². The number of para-hydroxylation sites is 1. The van der Waals surface area contributed by atoms with Gasteiger partial charge in [0.25, 0.3) is 0 Å². The second kappa shape index (κ2) is 8.56. The second-order valence-corrected chi connectivity index (χ2v) is 9.09. The zero-order valence-corrected chi connectivity index (χ0v) is 17.8. The molecule has 0 aliphatic carbocycles. The van der Waals surface area contributed by atoms with Crippen molar-refractivity contribution < 1.29 is 14.6 Å². The number of hydrogen-bond acceptors (Lipinski definition) is 4. The van der Waals surface area contributed by atoms with Gasteiger partial charge >= 0.3 is 6.09 Å². The summed E-state index contributed by atoms with van der Waals surface area (Å²) in [6, 6.07) is 19.1. The van der Waals surface area contributed by atoms with Crippen LogP contribution in [0.5, 0.6) is 0 Å². The minimum atomic E-state index is -0.561. The van der Waals surface area contributed by atoms with Crippen LogP contribution in [-0.4, -0.2) is 39.8 Å². The van der Waals surface area contributed by atoms with Gasteiger partial charge in [0.2, 0.25) is 0 Å². The van der Waals surface area contributed by atoms with Crippen molar-refractivity contribution in [1.29, 1.82) is 0 Å². The van der Waals surface area contributed by atoms with Crippen LogP contribution in [0.25, 0.3) is 0 Å². The molecule has 156 valence electrons. The molecule has 1 aliphatic rings. The molecule has 2 N–H and O–H groups in total. The van der Waals surface area contributed by atoms with Gasteiger partial charge in [-0.1, -0.05) is 48.5 Å². The van der Waals surface area contributed by atoms with E-state index in [-0.39, 0.29) is 17.2 Å². The molecule has 1 unspecified atom stereocenters. The molecule has 0 bridgehead atoms. The standard InChI is InChI=1S/C24H32N2O3/c1-23(2)15-20(29-22(28)25-19-13-9-6-10-14-19)16-24(3,4)26(23)17-21(27)18-11-7-5-8-12-18/h5-14,20-21,27H,15-17H2,1-4H3,(H,25,28). The number of amides is 1. The van der Waals surface area contributed by atoms with Gasteiger partial charge in [0.05, 0.1) is 6.10 Å². The Hall–Kier alpha value is -2.37. The quantitative estimate of drug-likeness (QED) is 0.747. The zero-order chi connectivity index (χ0) is 21.1. The van der Waals surface area contributed by atoms with E-state index in [9.17, 15) is 9.90 Å². The molecule has 0 radical (unpaired) electrons. The maximum atomic E-state index is 12.4. The number of rotatable bonds is 5. The Labute approximate surface area is 173 Å². The fourth-order valence-corrected chi connectivity index (χ4v) is 4.58. The molecule has 0 spiro atoms. The third kappa shape index (κ3) is 5.37. The first-order valence-corrected chi connectivity index (χ1v) is 10.2. The monoisotopic (exact) mass is 396 g/mol. The largest absolute Gasteiger partial charge is 0.446 e. The summed E-state index contributed by atoms with van der Waals surface area (Å²) in [7, 11) is 0. The maximum absolute atomic E-state index is 12.4. The molecule has 2 aromatic rings. The molecule has 3 rings (SSSR count). The molecule has 1 amide bonds. The number of hydrogen-bond donors (Lipinski definition) is 2. The van der Waals surface area contributed by atoms with Crippen molar-refractivity contribution in [3.8, 4) is 0 Å². The van der Waals surface area contributed by atoms with E-state index < -0.39 is 12.2 Å². The number of carbonyl (C=O) groups is 1. The average molecular weight is 397 g/mol. The van der Waals surface area contributed by atoms with Crippen LogP contribution >= 0.6 is 0 Å². The number of carbonyl (C=O) groups excluding carboxylic acids is 1. The first-order chi connectivity index (χ1) is 13.7. The molecular weight excluding hydrogens is 364 g/mol. The Balaban J connectivity index is 1.65. The maximum Gasteiger partial charge on any atom is 0.411 e. The van der Waals surface area contributed by atoms with Crippen LogP contribution in [0.15, 0.2) is 60.7 Å². The van der Waals surface area contributed by atoms with Gasteiger partial charge in [0.15, 0.2) is 0 Å². The van der Waals surface area contributed by atoms with Gasteiger partial charge in [-0.25, -0.2) is 4.79 Å². The number of anilines is 1.